The van der Waals surface area contributed by atoms with Crippen LogP contribution >= 0.6 is 12.2 Å². The molecule has 4 N–H and O–H groups in total. The summed E-state index contributed by atoms with van der Waals surface area (Å²) in [7, 11) is 0. The Morgan fingerprint density at radius 2 is 1.56 bits per heavy atom. The lowest BCUT2D eigenvalue weighted by Crippen LogP contribution is -2.46. The van der Waals surface area contributed by atoms with E-state index in [0.717, 1.165) is 60.8 Å². The van der Waals surface area contributed by atoms with Crippen molar-refractivity contribution in [3.63, 3.8) is 0 Å². The molecule has 0 radical (unpaired) electrons. The highest BCUT2D eigenvalue weighted by molar-refractivity contribution is 7.80. The fourth-order valence-corrected chi connectivity index (χ4v) is 3.85. The summed E-state index contributed by atoms with van der Waals surface area (Å²) in [6.07, 6.45) is 1.93. The Bertz CT molecular complexity index is 1020. The molecule has 2 aromatic carbocycles. The Balaban J connectivity index is 1.29. The summed E-state index contributed by atoms with van der Waals surface area (Å²) in [5.74, 6) is 0.811. The van der Waals surface area contributed by atoms with Gasteiger partial charge in [-0.2, -0.15) is 0 Å². The third-order valence-corrected chi connectivity index (χ3v) is 5.66. The molecule has 1 aliphatic rings. The van der Waals surface area contributed by atoms with E-state index >= 15 is 0 Å². The van der Waals surface area contributed by atoms with Crippen molar-refractivity contribution in [1.82, 2.24) is 20.7 Å². The Labute approximate surface area is 193 Å². The van der Waals surface area contributed by atoms with Crippen LogP contribution in [0.3, 0.4) is 0 Å². The smallest absolute Gasteiger partial charge is 0.178 e. The van der Waals surface area contributed by atoms with Crippen LogP contribution < -0.4 is 21.5 Å². The summed E-state index contributed by atoms with van der Waals surface area (Å²) in [5, 5.41) is 0.224. The number of pyridine rings is 1. The number of hydrogen-bond acceptors (Lipinski definition) is 5. The third kappa shape index (κ3) is 6.00. The summed E-state index contributed by atoms with van der Waals surface area (Å²) in [6, 6.07) is 19.3. The molecule has 2 heterocycles. The van der Waals surface area contributed by atoms with E-state index in [9.17, 15) is 4.39 Å². The molecule has 166 valence electrons. The summed E-state index contributed by atoms with van der Waals surface area (Å²) in [4.78, 5) is 9.41. The van der Waals surface area contributed by atoms with E-state index in [1.54, 1.807) is 0 Å². The lowest BCUT2D eigenvalue weighted by atomic mass is 10.1. The fraction of sp³-hybridized carbons (Fsp3) is 0.250. The number of hydrazine groups is 1. The molecule has 3 aromatic rings. The van der Waals surface area contributed by atoms with Gasteiger partial charge in [0.1, 0.15) is 11.6 Å². The largest absolute Gasteiger partial charge is 0.375 e. The second-order valence-corrected chi connectivity index (χ2v) is 8.27. The minimum Gasteiger partial charge on any atom is -0.375 e. The highest BCUT2D eigenvalue weighted by Crippen LogP contribution is 2.22. The van der Waals surface area contributed by atoms with Gasteiger partial charge in [0.15, 0.2) is 5.11 Å². The van der Waals surface area contributed by atoms with E-state index in [1.807, 2.05) is 18.3 Å². The van der Waals surface area contributed by atoms with Crippen molar-refractivity contribution in [1.29, 1.82) is 0 Å². The number of aromatic nitrogens is 1. The predicted octanol–water partition coefficient (Wildman–Crippen LogP) is 3.05. The number of benzene rings is 2. The molecule has 1 aliphatic heterocycles. The van der Waals surface area contributed by atoms with Crippen LogP contribution in [0.15, 0.2) is 66.9 Å². The Morgan fingerprint density at radius 1 is 0.906 bits per heavy atom. The Hall–Kier alpha value is -3.07. The summed E-state index contributed by atoms with van der Waals surface area (Å²) >= 11 is 4.77. The number of nitrogens with zero attached hydrogens (tertiary/aromatic N) is 3. The molecule has 8 heteroatoms. The van der Waals surface area contributed by atoms with Gasteiger partial charge in [0, 0.05) is 51.0 Å². The normalized spacial score (nSPS) is 14.3. The monoisotopic (exact) mass is 450 g/mol. The molecule has 1 aromatic heterocycles. The van der Waals surface area contributed by atoms with Crippen molar-refractivity contribution in [3.05, 3.63) is 83.8 Å². The molecule has 4 rings (SSSR count). The number of halogens is 1. The van der Waals surface area contributed by atoms with Crippen LogP contribution in [-0.2, 0) is 13.1 Å². The third-order valence-electron chi connectivity index (χ3n) is 5.55. The molecule has 0 atom stereocenters. The fourth-order valence-electron chi connectivity index (χ4n) is 3.78. The number of piperazine rings is 1. The predicted molar refractivity (Wildman–Crippen MR) is 130 cm³/mol. The minimum atomic E-state index is -0.189. The van der Waals surface area contributed by atoms with E-state index in [0.29, 0.717) is 6.54 Å². The van der Waals surface area contributed by atoms with Gasteiger partial charge >= 0.3 is 0 Å². The number of rotatable bonds is 7. The maximum Gasteiger partial charge on any atom is 0.178 e. The van der Waals surface area contributed by atoms with Crippen LogP contribution in [0.4, 0.5) is 10.2 Å². The molecule has 1 fully saturated rings. The van der Waals surface area contributed by atoms with Crippen LogP contribution in [-0.4, -0.2) is 41.2 Å². The van der Waals surface area contributed by atoms with Gasteiger partial charge in [-0.1, -0.05) is 36.4 Å². The molecule has 0 spiro atoms. The molecular formula is C24H27FN6S. The maximum atomic E-state index is 13.1. The number of anilines is 1. The van der Waals surface area contributed by atoms with Crippen LogP contribution in [0.1, 0.15) is 11.1 Å². The second kappa shape index (κ2) is 10.5. The van der Waals surface area contributed by atoms with Crippen LogP contribution in [0.5, 0.6) is 0 Å². The molecule has 6 nitrogen and oxygen atoms in total. The van der Waals surface area contributed by atoms with Crippen molar-refractivity contribution in [2.75, 3.05) is 31.1 Å². The number of thiocarbonyl (C=S) groups is 1. The number of nitrogens with one attached hydrogen (secondary N) is 2. The highest BCUT2D eigenvalue weighted by atomic mass is 32.1. The van der Waals surface area contributed by atoms with E-state index < -0.39 is 0 Å². The van der Waals surface area contributed by atoms with Crippen LogP contribution in [0.25, 0.3) is 11.1 Å². The first-order valence-corrected chi connectivity index (χ1v) is 11.0. The number of nitrogens with two attached hydrogens (primary N) is 1. The maximum absolute atomic E-state index is 13.1. The van der Waals surface area contributed by atoms with Crippen molar-refractivity contribution in [2.45, 2.75) is 13.1 Å². The van der Waals surface area contributed by atoms with E-state index in [1.165, 1.54) is 12.1 Å². The first kappa shape index (κ1) is 22.1. The topological polar surface area (TPSA) is 69.5 Å². The van der Waals surface area contributed by atoms with Gasteiger partial charge < -0.3 is 10.6 Å². The number of hydrogen-bond donors (Lipinski definition) is 3. The van der Waals surface area contributed by atoms with Gasteiger partial charge in [-0.15, -0.1) is 0 Å². The molecular weight excluding hydrogens is 423 g/mol. The molecule has 0 aliphatic carbocycles. The molecule has 0 unspecified atom stereocenters. The average molecular weight is 451 g/mol. The van der Waals surface area contributed by atoms with Gasteiger partial charge in [-0.3, -0.25) is 10.3 Å². The van der Waals surface area contributed by atoms with Crippen molar-refractivity contribution >= 4 is 23.1 Å². The Morgan fingerprint density at radius 3 is 2.19 bits per heavy atom. The highest BCUT2D eigenvalue weighted by Gasteiger charge is 2.18. The minimum absolute atomic E-state index is 0.189. The molecule has 0 bridgehead atoms. The quantitative estimate of drug-likeness (QED) is 0.378. The lowest BCUT2D eigenvalue weighted by Gasteiger charge is -2.35. The van der Waals surface area contributed by atoms with E-state index in [-0.39, 0.29) is 10.9 Å². The second-order valence-electron chi connectivity index (χ2n) is 7.83. The SMILES string of the molecule is NC(=S)NNCc1ccc(-c2ccc(N3CCN(Cc4ccc(F)cc4)CC3)nc2)cc1. The zero-order chi connectivity index (χ0) is 22.3. The van der Waals surface area contributed by atoms with E-state index in [2.05, 4.69) is 57.0 Å². The molecule has 32 heavy (non-hydrogen) atoms. The van der Waals surface area contributed by atoms with Gasteiger partial charge in [0.25, 0.3) is 0 Å². The van der Waals surface area contributed by atoms with Crippen LogP contribution in [0, 0.1) is 5.82 Å². The zero-order valence-corrected chi connectivity index (χ0v) is 18.6. The van der Waals surface area contributed by atoms with Crippen molar-refractivity contribution in [3.8, 4) is 11.1 Å². The van der Waals surface area contributed by atoms with Crippen LogP contribution in [0.2, 0.25) is 0 Å². The Kier molecular flexibility index (Phi) is 7.26. The van der Waals surface area contributed by atoms with E-state index in [4.69, 9.17) is 22.9 Å². The first-order chi connectivity index (χ1) is 15.6. The molecule has 1 saturated heterocycles. The van der Waals surface area contributed by atoms with Gasteiger partial charge in [0.2, 0.25) is 0 Å². The molecule has 0 saturated carbocycles. The standard InChI is InChI=1S/C24H27FN6S/c25-22-8-3-19(4-9-22)17-30-11-13-31(14-12-30)23-10-7-21(16-27-23)20-5-1-18(2-6-20)15-28-29-24(26)32/h1-10,16,28H,11-15,17H2,(H3,26,29,32). The summed E-state index contributed by atoms with van der Waals surface area (Å²) in [6.45, 7) is 5.24. The zero-order valence-electron chi connectivity index (χ0n) is 17.8. The molecule has 0 amide bonds. The summed E-state index contributed by atoms with van der Waals surface area (Å²) < 4.78 is 13.1. The van der Waals surface area contributed by atoms with Crippen molar-refractivity contribution in [2.24, 2.45) is 5.73 Å². The van der Waals surface area contributed by atoms with Gasteiger partial charge in [-0.05, 0) is 53.2 Å². The average Bonchev–Trinajstić information content (AvgIpc) is 2.81. The van der Waals surface area contributed by atoms with Gasteiger partial charge in [-0.25, -0.2) is 14.8 Å². The van der Waals surface area contributed by atoms with Gasteiger partial charge in [0.05, 0.1) is 0 Å². The lowest BCUT2D eigenvalue weighted by molar-refractivity contribution is 0.249. The summed E-state index contributed by atoms with van der Waals surface area (Å²) in [5.41, 5.74) is 15.6. The van der Waals surface area contributed by atoms with Crippen molar-refractivity contribution < 1.29 is 4.39 Å². The first-order valence-electron chi connectivity index (χ1n) is 10.6.